The summed E-state index contributed by atoms with van der Waals surface area (Å²) < 4.78 is 13.5. The molecular formula is C16H18FN3O. The molecule has 0 aliphatic rings. The van der Waals surface area contributed by atoms with Crippen molar-refractivity contribution in [2.75, 3.05) is 5.32 Å². The maximum atomic E-state index is 13.5. The van der Waals surface area contributed by atoms with Gasteiger partial charge in [-0.25, -0.2) is 9.37 Å². The topological polar surface area (TPSA) is 54.0 Å². The van der Waals surface area contributed by atoms with Crippen molar-refractivity contribution in [2.45, 2.75) is 26.4 Å². The SMILES string of the molecule is CC(C)NC(=O)c1ccc(NCc2ccccc2F)cn1. The van der Waals surface area contributed by atoms with E-state index in [2.05, 4.69) is 15.6 Å². The number of carbonyl (C=O) groups is 1. The van der Waals surface area contributed by atoms with Gasteiger partial charge in [0.05, 0.1) is 11.9 Å². The van der Waals surface area contributed by atoms with E-state index >= 15 is 0 Å². The first-order valence-electron chi connectivity index (χ1n) is 6.80. The monoisotopic (exact) mass is 287 g/mol. The Balaban J connectivity index is 1.97. The van der Waals surface area contributed by atoms with Gasteiger partial charge in [-0.1, -0.05) is 18.2 Å². The number of aromatic nitrogens is 1. The van der Waals surface area contributed by atoms with Gasteiger partial charge in [-0.15, -0.1) is 0 Å². The molecule has 0 atom stereocenters. The van der Waals surface area contributed by atoms with Crippen LogP contribution in [0, 0.1) is 5.82 Å². The summed E-state index contributed by atoms with van der Waals surface area (Å²) in [6.45, 7) is 4.15. The quantitative estimate of drug-likeness (QED) is 0.889. The van der Waals surface area contributed by atoms with Gasteiger partial charge in [0.1, 0.15) is 11.5 Å². The maximum absolute atomic E-state index is 13.5. The largest absolute Gasteiger partial charge is 0.380 e. The fourth-order valence-corrected chi connectivity index (χ4v) is 1.81. The number of nitrogens with one attached hydrogen (secondary N) is 2. The molecule has 5 heteroatoms. The Labute approximate surface area is 123 Å². The summed E-state index contributed by atoms with van der Waals surface area (Å²) in [5.41, 5.74) is 1.68. The van der Waals surface area contributed by atoms with Crippen LogP contribution >= 0.6 is 0 Å². The van der Waals surface area contributed by atoms with Crippen LogP contribution < -0.4 is 10.6 Å². The first-order chi connectivity index (χ1) is 10.1. The molecule has 0 aliphatic heterocycles. The summed E-state index contributed by atoms with van der Waals surface area (Å²) in [6.07, 6.45) is 1.57. The second-order valence-electron chi connectivity index (χ2n) is 5.01. The summed E-state index contributed by atoms with van der Waals surface area (Å²) >= 11 is 0. The van der Waals surface area contributed by atoms with Crippen LogP contribution in [0.5, 0.6) is 0 Å². The number of halogens is 1. The summed E-state index contributed by atoms with van der Waals surface area (Å²) in [7, 11) is 0. The van der Waals surface area contributed by atoms with Crippen LogP contribution in [0.1, 0.15) is 29.9 Å². The van der Waals surface area contributed by atoms with Gasteiger partial charge in [-0.3, -0.25) is 4.79 Å². The molecule has 0 spiro atoms. The highest BCUT2D eigenvalue weighted by Crippen LogP contribution is 2.11. The highest BCUT2D eigenvalue weighted by atomic mass is 19.1. The van der Waals surface area contributed by atoms with Gasteiger partial charge >= 0.3 is 0 Å². The second kappa shape index (κ2) is 6.83. The third kappa shape index (κ3) is 4.27. The molecule has 0 saturated heterocycles. The summed E-state index contributed by atoms with van der Waals surface area (Å²) in [4.78, 5) is 15.8. The van der Waals surface area contributed by atoms with Gasteiger partial charge in [0.2, 0.25) is 0 Å². The number of anilines is 1. The molecule has 0 fully saturated rings. The van der Waals surface area contributed by atoms with Crippen LogP contribution in [-0.4, -0.2) is 16.9 Å². The van der Waals surface area contributed by atoms with E-state index in [4.69, 9.17) is 0 Å². The molecular weight excluding hydrogens is 269 g/mol. The van der Waals surface area contributed by atoms with E-state index in [1.54, 1.807) is 36.5 Å². The molecule has 1 aromatic heterocycles. The molecule has 2 rings (SSSR count). The standard InChI is InChI=1S/C16H18FN3O/c1-11(2)20-16(21)15-8-7-13(10-19-15)18-9-12-5-3-4-6-14(12)17/h3-8,10-11,18H,9H2,1-2H3,(H,20,21). The van der Waals surface area contributed by atoms with E-state index in [-0.39, 0.29) is 17.8 Å². The molecule has 0 bridgehead atoms. The Morgan fingerprint density at radius 3 is 2.62 bits per heavy atom. The molecule has 1 amide bonds. The molecule has 21 heavy (non-hydrogen) atoms. The fraction of sp³-hybridized carbons (Fsp3) is 0.250. The van der Waals surface area contributed by atoms with Gasteiger partial charge in [-0.05, 0) is 32.0 Å². The van der Waals surface area contributed by atoms with Gasteiger partial charge in [0, 0.05) is 18.2 Å². The average molecular weight is 287 g/mol. The zero-order valence-electron chi connectivity index (χ0n) is 12.1. The zero-order chi connectivity index (χ0) is 15.2. The zero-order valence-corrected chi connectivity index (χ0v) is 12.1. The first kappa shape index (κ1) is 15.0. The minimum atomic E-state index is -0.245. The van der Waals surface area contributed by atoms with E-state index in [0.717, 1.165) is 5.69 Å². The Morgan fingerprint density at radius 1 is 1.24 bits per heavy atom. The molecule has 2 aromatic rings. The molecule has 0 unspecified atom stereocenters. The van der Waals surface area contributed by atoms with Crippen LogP contribution in [0.2, 0.25) is 0 Å². The van der Waals surface area contributed by atoms with Gasteiger partial charge in [-0.2, -0.15) is 0 Å². The number of hydrogen-bond acceptors (Lipinski definition) is 3. The Bertz CT molecular complexity index is 611. The number of rotatable bonds is 5. The minimum absolute atomic E-state index is 0.0677. The third-order valence-corrected chi connectivity index (χ3v) is 2.86. The molecule has 0 saturated carbocycles. The number of nitrogens with zero attached hydrogens (tertiary/aromatic N) is 1. The van der Waals surface area contributed by atoms with Crippen molar-refractivity contribution in [3.63, 3.8) is 0 Å². The Kier molecular flexibility index (Phi) is 4.87. The van der Waals surface area contributed by atoms with E-state index in [9.17, 15) is 9.18 Å². The normalized spacial score (nSPS) is 10.5. The lowest BCUT2D eigenvalue weighted by molar-refractivity contribution is 0.0938. The fourth-order valence-electron chi connectivity index (χ4n) is 1.81. The van der Waals surface area contributed by atoms with Crippen molar-refractivity contribution in [1.29, 1.82) is 0 Å². The van der Waals surface area contributed by atoms with Crippen molar-refractivity contribution >= 4 is 11.6 Å². The summed E-state index contributed by atoms with van der Waals surface area (Å²) in [6, 6.07) is 10.1. The average Bonchev–Trinajstić information content (AvgIpc) is 2.46. The van der Waals surface area contributed by atoms with Crippen molar-refractivity contribution in [3.05, 3.63) is 59.7 Å². The number of carbonyl (C=O) groups excluding carboxylic acids is 1. The molecule has 1 heterocycles. The number of benzene rings is 1. The first-order valence-corrected chi connectivity index (χ1v) is 6.80. The second-order valence-corrected chi connectivity index (χ2v) is 5.01. The molecule has 4 nitrogen and oxygen atoms in total. The van der Waals surface area contributed by atoms with Crippen molar-refractivity contribution in [2.24, 2.45) is 0 Å². The van der Waals surface area contributed by atoms with E-state index in [0.29, 0.717) is 17.8 Å². The minimum Gasteiger partial charge on any atom is -0.380 e. The maximum Gasteiger partial charge on any atom is 0.270 e. The summed E-state index contributed by atoms with van der Waals surface area (Å²) in [5.74, 6) is -0.448. The third-order valence-electron chi connectivity index (χ3n) is 2.86. The van der Waals surface area contributed by atoms with Gasteiger partial charge in [0.25, 0.3) is 5.91 Å². The predicted molar refractivity (Wildman–Crippen MR) is 80.6 cm³/mol. The highest BCUT2D eigenvalue weighted by molar-refractivity contribution is 5.92. The van der Waals surface area contributed by atoms with Crippen LogP contribution in [0.15, 0.2) is 42.6 Å². The molecule has 0 aliphatic carbocycles. The molecule has 0 radical (unpaired) electrons. The van der Waals surface area contributed by atoms with Crippen molar-refractivity contribution in [1.82, 2.24) is 10.3 Å². The lowest BCUT2D eigenvalue weighted by Gasteiger charge is -2.09. The van der Waals surface area contributed by atoms with Crippen LogP contribution in [0.25, 0.3) is 0 Å². The number of pyridine rings is 1. The lowest BCUT2D eigenvalue weighted by atomic mass is 10.2. The van der Waals surface area contributed by atoms with Crippen LogP contribution in [0.4, 0.5) is 10.1 Å². The Morgan fingerprint density at radius 2 is 2.00 bits per heavy atom. The van der Waals surface area contributed by atoms with Gasteiger partial charge in [0.15, 0.2) is 0 Å². The van der Waals surface area contributed by atoms with Crippen LogP contribution in [-0.2, 0) is 6.54 Å². The molecule has 2 N–H and O–H groups in total. The Hall–Kier alpha value is -2.43. The van der Waals surface area contributed by atoms with Crippen molar-refractivity contribution < 1.29 is 9.18 Å². The van der Waals surface area contributed by atoms with E-state index in [1.807, 2.05) is 13.8 Å². The van der Waals surface area contributed by atoms with Crippen LogP contribution in [0.3, 0.4) is 0 Å². The highest BCUT2D eigenvalue weighted by Gasteiger charge is 2.08. The van der Waals surface area contributed by atoms with E-state index in [1.165, 1.54) is 6.07 Å². The smallest absolute Gasteiger partial charge is 0.270 e. The number of amides is 1. The van der Waals surface area contributed by atoms with Gasteiger partial charge < -0.3 is 10.6 Å². The molecule has 1 aromatic carbocycles. The molecule has 110 valence electrons. The predicted octanol–water partition coefficient (Wildman–Crippen LogP) is 2.97. The van der Waals surface area contributed by atoms with E-state index < -0.39 is 0 Å². The van der Waals surface area contributed by atoms with Crippen molar-refractivity contribution in [3.8, 4) is 0 Å². The lowest BCUT2D eigenvalue weighted by Crippen LogP contribution is -2.30. The summed E-state index contributed by atoms with van der Waals surface area (Å²) in [5, 5.41) is 5.85. The number of hydrogen-bond donors (Lipinski definition) is 2.